The molecule has 0 bridgehead atoms. The standard InChI is InChI=1S/C23H20N2O5/c1-3-11-25-21(27)17-9-8-16(13-18(17)22(25)28)23(29)30-14(2)20(26)24-12-10-15-6-4-5-7-19(15)24/h3-9,13-14H,1,10-12H2,2H3/t14-/m0/s1. The minimum Gasteiger partial charge on any atom is -0.449 e. The van der Waals surface area contributed by atoms with E-state index in [9.17, 15) is 19.2 Å². The lowest BCUT2D eigenvalue weighted by molar-refractivity contribution is -0.126. The summed E-state index contributed by atoms with van der Waals surface area (Å²) in [5.41, 5.74) is 2.39. The normalized spacial score (nSPS) is 15.6. The Labute approximate surface area is 173 Å². The number of amides is 3. The monoisotopic (exact) mass is 404 g/mol. The zero-order chi connectivity index (χ0) is 21.4. The van der Waals surface area contributed by atoms with Gasteiger partial charge in [-0.2, -0.15) is 0 Å². The Morgan fingerprint density at radius 1 is 1.13 bits per heavy atom. The van der Waals surface area contributed by atoms with Crippen molar-refractivity contribution in [2.45, 2.75) is 19.4 Å². The molecule has 0 fully saturated rings. The summed E-state index contributed by atoms with van der Waals surface area (Å²) >= 11 is 0. The van der Waals surface area contributed by atoms with Crippen LogP contribution in [0.5, 0.6) is 0 Å². The van der Waals surface area contributed by atoms with E-state index in [-0.39, 0.29) is 29.1 Å². The minimum atomic E-state index is -0.994. The second kappa shape index (κ2) is 7.59. The van der Waals surface area contributed by atoms with Gasteiger partial charge in [-0.15, -0.1) is 6.58 Å². The number of ether oxygens (including phenoxy) is 1. The third kappa shape index (κ3) is 3.18. The molecule has 7 nitrogen and oxygen atoms in total. The Morgan fingerprint density at radius 2 is 1.87 bits per heavy atom. The van der Waals surface area contributed by atoms with E-state index in [2.05, 4.69) is 6.58 Å². The van der Waals surface area contributed by atoms with E-state index >= 15 is 0 Å². The third-order valence-electron chi connectivity index (χ3n) is 5.30. The molecule has 30 heavy (non-hydrogen) atoms. The number of anilines is 1. The number of fused-ring (bicyclic) bond motifs is 2. The van der Waals surface area contributed by atoms with Crippen molar-refractivity contribution in [1.29, 1.82) is 0 Å². The van der Waals surface area contributed by atoms with Gasteiger partial charge in [0.25, 0.3) is 17.7 Å². The van der Waals surface area contributed by atoms with Gasteiger partial charge in [-0.25, -0.2) is 4.79 Å². The van der Waals surface area contributed by atoms with Crippen LogP contribution in [0.3, 0.4) is 0 Å². The number of para-hydroxylation sites is 1. The molecule has 0 aromatic heterocycles. The Kier molecular flexibility index (Phi) is 4.95. The molecule has 1 atom stereocenters. The number of carbonyl (C=O) groups excluding carboxylic acids is 4. The molecule has 2 heterocycles. The average molecular weight is 404 g/mol. The fraction of sp³-hybridized carbons (Fsp3) is 0.217. The van der Waals surface area contributed by atoms with Crippen molar-refractivity contribution in [3.8, 4) is 0 Å². The van der Waals surface area contributed by atoms with Gasteiger partial charge in [-0.1, -0.05) is 24.3 Å². The van der Waals surface area contributed by atoms with Crippen molar-refractivity contribution in [1.82, 2.24) is 4.90 Å². The van der Waals surface area contributed by atoms with E-state index in [4.69, 9.17) is 4.74 Å². The highest BCUT2D eigenvalue weighted by Gasteiger charge is 2.36. The van der Waals surface area contributed by atoms with Crippen LogP contribution in [0.4, 0.5) is 5.69 Å². The quantitative estimate of drug-likeness (QED) is 0.435. The van der Waals surface area contributed by atoms with Gasteiger partial charge in [0.2, 0.25) is 0 Å². The van der Waals surface area contributed by atoms with Gasteiger partial charge in [0.15, 0.2) is 6.10 Å². The number of rotatable bonds is 5. The molecule has 0 saturated heterocycles. The summed E-state index contributed by atoms with van der Waals surface area (Å²) in [7, 11) is 0. The Bertz CT molecular complexity index is 1090. The van der Waals surface area contributed by atoms with Gasteiger partial charge >= 0.3 is 5.97 Å². The number of esters is 1. The Balaban J connectivity index is 1.49. The highest BCUT2D eigenvalue weighted by atomic mass is 16.5. The lowest BCUT2D eigenvalue weighted by Crippen LogP contribution is -2.39. The van der Waals surface area contributed by atoms with Crippen LogP contribution < -0.4 is 4.90 Å². The van der Waals surface area contributed by atoms with Crippen molar-refractivity contribution >= 4 is 29.4 Å². The molecule has 3 amide bonds. The predicted octanol–water partition coefficient (Wildman–Crippen LogP) is 2.60. The fourth-order valence-corrected chi connectivity index (χ4v) is 3.78. The third-order valence-corrected chi connectivity index (χ3v) is 5.30. The van der Waals surface area contributed by atoms with Crippen LogP contribution in [-0.2, 0) is 16.0 Å². The number of nitrogens with zero attached hydrogens (tertiary/aromatic N) is 2. The van der Waals surface area contributed by atoms with Gasteiger partial charge in [-0.3, -0.25) is 19.3 Å². The molecule has 0 unspecified atom stereocenters. The maximum Gasteiger partial charge on any atom is 0.338 e. The highest BCUT2D eigenvalue weighted by molar-refractivity contribution is 6.22. The summed E-state index contributed by atoms with van der Waals surface area (Å²) in [6.45, 7) is 5.69. The number of carbonyl (C=O) groups is 4. The molecule has 7 heteroatoms. The molecule has 0 spiro atoms. The first-order chi connectivity index (χ1) is 14.4. The van der Waals surface area contributed by atoms with Crippen molar-refractivity contribution in [3.05, 3.63) is 77.4 Å². The number of benzene rings is 2. The topological polar surface area (TPSA) is 84.0 Å². The zero-order valence-corrected chi connectivity index (χ0v) is 16.5. The second-order valence-corrected chi connectivity index (χ2v) is 7.19. The molecule has 0 saturated carbocycles. The lowest BCUT2D eigenvalue weighted by atomic mass is 10.1. The van der Waals surface area contributed by atoms with Crippen LogP contribution in [0, 0.1) is 0 Å². The summed E-state index contributed by atoms with van der Waals surface area (Å²) in [4.78, 5) is 52.8. The first kappa shape index (κ1) is 19.6. The molecule has 2 aliphatic heterocycles. The van der Waals surface area contributed by atoms with Crippen LogP contribution in [0.15, 0.2) is 55.1 Å². The van der Waals surface area contributed by atoms with Crippen molar-refractivity contribution in [2.24, 2.45) is 0 Å². The summed E-state index contributed by atoms with van der Waals surface area (Å²) in [5.74, 6) is -1.94. The van der Waals surface area contributed by atoms with E-state index in [0.717, 1.165) is 22.6 Å². The van der Waals surface area contributed by atoms with Crippen molar-refractivity contribution < 1.29 is 23.9 Å². The van der Waals surface area contributed by atoms with E-state index in [1.165, 1.54) is 31.2 Å². The molecule has 0 aliphatic carbocycles. The van der Waals surface area contributed by atoms with Gasteiger partial charge in [0.05, 0.1) is 16.7 Å². The molecule has 2 aromatic carbocycles. The number of imide groups is 1. The largest absolute Gasteiger partial charge is 0.449 e. The lowest BCUT2D eigenvalue weighted by Gasteiger charge is -2.21. The fourth-order valence-electron chi connectivity index (χ4n) is 3.78. The molecule has 2 aromatic rings. The van der Waals surface area contributed by atoms with Gasteiger partial charge in [-0.05, 0) is 43.2 Å². The minimum absolute atomic E-state index is 0.0922. The van der Waals surface area contributed by atoms with Crippen LogP contribution >= 0.6 is 0 Å². The van der Waals surface area contributed by atoms with Gasteiger partial charge in [0.1, 0.15) is 0 Å². The summed E-state index contributed by atoms with van der Waals surface area (Å²) in [6.07, 6.45) is 1.22. The van der Waals surface area contributed by atoms with E-state index < -0.39 is 23.9 Å². The molecule has 0 radical (unpaired) electrons. The maximum absolute atomic E-state index is 12.8. The van der Waals surface area contributed by atoms with Crippen molar-refractivity contribution in [3.63, 3.8) is 0 Å². The molecule has 152 valence electrons. The smallest absolute Gasteiger partial charge is 0.338 e. The highest BCUT2D eigenvalue weighted by Crippen LogP contribution is 2.29. The maximum atomic E-state index is 12.8. The van der Waals surface area contributed by atoms with Gasteiger partial charge in [0, 0.05) is 18.8 Å². The summed E-state index contributed by atoms with van der Waals surface area (Å²) in [6, 6.07) is 11.8. The number of hydrogen-bond donors (Lipinski definition) is 0. The van der Waals surface area contributed by atoms with Crippen LogP contribution in [0.25, 0.3) is 0 Å². The second-order valence-electron chi connectivity index (χ2n) is 7.19. The van der Waals surface area contributed by atoms with Crippen molar-refractivity contribution in [2.75, 3.05) is 18.0 Å². The Morgan fingerprint density at radius 3 is 2.63 bits per heavy atom. The summed E-state index contributed by atoms with van der Waals surface area (Å²) < 4.78 is 5.37. The van der Waals surface area contributed by atoms with Gasteiger partial charge < -0.3 is 9.64 Å². The molecular formula is C23H20N2O5. The predicted molar refractivity (Wildman–Crippen MR) is 109 cm³/mol. The zero-order valence-electron chi connectivity index (χ0n) is 16.5. The van der Waals surface area contributed by atoms with Crippen LogP contribution in [0.2, 0.25) is 0 Å². The van der Waals surface area contributed by atoms with Crippen LogP contribution in [0.1, 0.15) is 43.6 Å². The first-order valence-electron chi connectivity index (χ1n) is 9.63. The molecule has 2 aliphatic rings. The van der Waals surface area contributed by atoms with E-state index in [1.54, 1.807) is 4.90 Å². The molecule has 0 N–H and O–H groups in total. The van der Waals surface area contributed by atoms with Crippen LogP contribution in [-0.4, -0.2) is 47.8 Å². The van der Waals surface area contributed by atoms with E-state index in [0.29, 0.717) is 6.54 Å². The number of hydrogen-bond acceptors (Lipinski definition) is 5. The molecule has 4 rings (SSSR count). The average Bonchev–Trinajstić information content (AvgIpc) is 3.28. The molecular weight excluding hydrogens is 384 g/mol. The van der Waals surface area contributed by atoms with E-state index in [1.807, 2.05) is 24.3 Å². The SMILES string of the molecule is C=CCN1C(=O)c2ccc(C(=O)O[C@@H](C)C(=O)N3CCc4ccccc43)cc2C1=O. The first-order valence-corrected chi connectivity index (χ1v) is 9.63. The summed E-state index contributed by atoms with van der Waals surface area (Å²) in [5, 5.41) is 0. The Hall–Kier alpha value is -3.74.